The summed E-state index contributed by atoms with van der Waals surface area (Å²) in [4.78, 5) is 25.1. The Kier molecular flexibility index (Phi) is 5.38. The van der Waals surface area contributed by atoms with E-state index < -0.39 is 5.63 Å². The van der Waals surface area contributed by atoms with E-state index in [0.717, 1.165) is 29.4 Å². The Morgan fingerprint density at radius 3 is 2.66 bits per heavy atom. The average molecular weight is 391 g/mol. The molecular weight excluding hydrogens is 366 g/mol. The highest BCUT2D eigenvalue weighted by Gasteiger charge is 2.33. The summed E-state index contributed by atoms with van der Waals surface area (Å²) < 4.78 is 10.7. The smallest absolute Gasteiger partial charge is 0.339 e. The van der Waals surface area contributed by atoms with Gasteiger partial charge in [-0.3, -0.25) is 4.79 Å². The third-order valence-corrected chi connectivity index (χ3v) is 5.67. The highest BCUT2D eigenvalue weighted by atomic mass is 16.5. The molecule has 0 aliphatic heterocycles. The Bertz CT molecular complexity index is 1080. The van der Waals surface area contributed by atoms with E-state index in [1.807, 2.05) is 37.3 Å². The molecule has 1 aromatic heterocycles. The molecule has 3 aromatic rings. The van der Waals surface area contributed by atoms with Gasteiger partial charge in [0.25, 0.3) is 0 Å². The fraction of sp³-hybridized carbons (Fsp3) is 0.333. The topological polar surface area (TPSA) is 68.5 Å². The SMILES string of the molecule is COc1ccc2c(C)c(CCC(=O)NC(c3ccccc3)C3CC3)c(=O)oc2c1. The van der Waals surface area contributed by atoms with Gasteiger partial charge in [0.05, 0.1) is 13.2 Å². The third-order valence-electron chi connectivity index (χ3n) is 5.67. The summed E-state index contributed by atoms with van der Waals surface area (Å²) in [6, 6.07) is 15.6. The number of fused-ring (bicyclic) bond motifs is 1. The Morgan fingerprint density at radius 1 is 1.21 bits per heavy atom. The van der Waals surface area contributed by atoms with E-state index in [4.69, 9.17) is 9.15 Å². The van der Waals surface area contributed by atoms with Crippen LogP contribution < -0.4 is 15.7 Å². The van der Waals surface area contributed by atoms with Crippen LogP contribution in [0.5, 0.6) is 5.75 Å². The van der Waals surface area contributed by atoms with Crippen LogP contribution in [-0.2, 0) is 11.2 Å². The van der Waals surface area contributed by atoms with Crippen molar-refractivity contribution in [2.75, 3.05) is 7.11 Å². The van der Waals surface area contributed by atoms with Crippen molar-refractivity contribution in [1.29, 1.82) is 0 Å². The number of ether oxygens (including phenoxy) is 1. The van der Waals surface area contributed by atoms with Gasteiger partial charge in [0.15, 0.2) is 0 Å². The number of methoxy groups -OCH3 is 1. The highest BCUT2D eigenvalue weighted by Crippen LogP contribution is 2.41. The maximum absolute atomic E-state index is 12.6. The molecule has 1 N–H and O–H groups in total. The molecule has 0 spiro atoms. The van der Waals surface area contributed by atoms with Crippen LogP contribution in [0.15, 0.2) is 57.7 Å². The van der Waals surface area contributed by atoms with E-state index in [1.54, 1.807) is 13.2 Å². The van der Waals surface area contributed by atoms with Crippen LogP contribution in [0.25, 0.3) is 11.0 Å². The second-order valence-corrected chi connectivity index (χ2v) is 7.65. The number of hydrogen-bond acceptors (Lipinski definition) is 4. The molecule has 1 aliphatic carbocycles. The standard InChI is InChI=1S/C24H25NO4/c1-15-19-11-10-18(28-2)14-21(19)29-24(27)20(15)12-13-22(26)25-23(17-8-9-17)16-6-4-3-5-7-16/h3-7,10-11,14,17,23H,8-9,12-13H2,1-2H3,(H,25,26). The van der Waals surface area contributed by atoms with Gasteiger partial charge in [0.2, 0.25) is 5.91 Å². The summed E-state index contributed by atoms with van der Waals surface area (Å²) in [5.74, 6) is 1.10. The summed E-state index contributed by atoms with van der Waals surface area (Å²) in [7, 11) is 1.57. The lowest BCUT2D eigenvalue weighted by Gasteiger charge is -2.19. The van der Waals surface area contributed by atoms with E-state index >= 15 is 0 Å². The normalized spacial score (nSPS) is 14.6. The monoisotopic (exact) mass is 391 g/mol. The molecule has 0 radical (unpaired) electrons. The van der Waals surface area contributed by atoms with Gasteiger partial charge in [-0.15, -0.1) is 0 Å². The zero-order valence-corrected chi connectivity index (χ0v) is 16.7. The lowest BCUT2D eigenvalue weighted by atomic mass is 10.0. The molecular formula is C24H25NO4. The van der Waals surface area contributed by atoms with Gasteiger partial charge in [0.1, 0.15) is 11.3 Å². The average Bonchev–Trinajstić information content (AvgIpc) is 3.57. The Morgan fingerprint density at radius 2 is 1.97 bits per heavy atom. The summed E-state index contributed by atoms with van der Waals surface area (Å²) in [6.45, 7) is 1.90. The van der Waals surface area contributed by atoms with Crippen molar-refractivity contribution < 1.29 is 13.9 Å². The molecule has 1 saturated carbocycles. The first-order chi connectivity index (χ1) is 14.1. The van der Waals surface area contributed by atoms with Gasteiger partial charge >= 0.3 is 5.63 Å². The van der Waals surface area contributed by atoms with Crippen molar-refractivity contribution in [3.05, 3.63) is 75.6 Å². The molecule has 5 nitrogen and oxygen atoms in total. The number of amides is 1. The fourth-order valence-electron chi connectivity index (χ4n) is 3.84. The van der Waals surface area contributed by atoms with Crippen LogP contribution >= 0.6 is 0 Å². The summed E-state index contributed by atoms with van der Waals surface area (Å²) in [6.07, 6.45) is 2.88. The summed E-state index contributed by atoms with van der Waals surface area (Å²) in [5, 5.41) is 4.03. The zero-order valence-electron chi connectivity index (χ0n) is 16.7. The van der Waals surface area contributed by atoms with Crippen LogP contribution in [0.3, 0.4) is 0 Å². The van der Waals surface area contributed by atoms with Crippen molar-refractivity contribution >= 4 is 16.9 Å². The molecule has 1 aliphatic rings. The second kappa shape index (κ2) is 8.11. The van der Waals surface area contributed by atoms with Gasteiger partial charge in [-0.1, -0.05) is 30.3 Å². The second-order valence-electron chi connectivity index (χ2n) is 7.65. The van der Waals surface area contributed by atoms with Crippen LogP contribution in [0.1, 0.15) is 42.0 Å². The zero-order chi connectivity index (χ0) is 20.4. The first-order valence-corrected chi connectivity index (χ1v) is 10.0. The van der Waals surface area contributed by atoms with Crippen molar-refractivity contribution in [2.24, 2.45) is 5.92 Å². The molecule has 2 aromatic carbocycles. The van der Waals surface area contributed by atoms with Crippen molar-refractivity contribution in [2.45, 2.75) is 38.6 Å². The fourth-order valence-corrected chi connectivity index (χ4v) is 3.84. The molecule has 1 heterocycles. The number of nitrogens with one attached hydrogen (secondary N) is 1. The Hall–Kier alpha value is -3.08. The number of benzene rings is 2. The number of rotatable bonds is 7. The van der Waals surface area contributed by atoms with Crippen molar-refractivity contribution in [1.82, 2.24) is 5.32 Å². The highest BCUT2D eigenvalue weighted by molar-refractivity contribution is 5.83. The maximum Gasteiger partial charge on any atom is 0.339 e. The maximum atomic E-state index is 12.6. The third kappa shape index (κ3) is 4.19. The van der Waals surface area contributed by atoms with Crippen LogP contribution in [0.2, 0.25) is 0 Å². The van der Waals surface area contributed by atoms with Gasteiger partial charge in [-0.25, -0.2) is 4.79 Å². The molecule has 0 bridgehead atoms. The number of hydrogen-bond donors (Lipinski definition) is 1. The van der Waals surface area contributed by atoms with E-state index in [9.17, 15) is 9.59 Å². The largest absolute Gasteiger partial charge is 0.497 e. The van der Waals surface area contributed by atoms with Crippen molar-refractivity contribution in [3.63, 3.8) is 0 Å². The predicted octanol–water partition coefficient (Wildman–Crippen LogP) is 4.31. The molecule has 150 valence electrons. The van der Waals surface area contributed by atoms with E-state index in [-0.39, 0.29) is 18.4 Å². The van der Waals surface area contributed by atoms with E-state index in [2.05, 4.69) is 17.4 Å². The minimum atomic E-state index is -0.391. The van der Waals surface area contributed by atoms with Gasteiger partial charge in [0, 0.05) is 23.4 Å². The molecule has 0 saturated heterocycles. The van der Waals surface area contributed by atoms with Crippen LogP contribution in [-0.4, -0.2) is 13.0 Å². The molecule has 1 atom stereocenters. The lowest BCUT2D eigenvalue weighted by molar-refractivity contribution is -0.122. The van der Waals surface area contributed by atoms with Gasteiger partial charge in [-0.2, -0.15) is 0 Å². The molecule has 4 rings (SSSR count). The predicted molar refractivity (Wildman–Crippen MR) is 112 cm³/mol. The Balaban J connectivity index is 1.49. The number of aryl methyl sites for hydroxylation is 1. The first kappa shape index (κ1) is 19.2. The van der Waals surface area contributed by atoms with Crippen LogP contribution in [0, 0.1) is 12.8 Å². The Labute approximate surface area is 169 Å². The minimum Gasteiger partial charge on any atom is -0.497 e. The molecule has 1 unspecified atom stereocenters. The molecule has 29 heavy (non-hydrogen) atoms. The number of carbonyl (C=O) groups is 1. The van der Waals surface area contributed by atoms with Crippen LogP contribution in [0.4, 0.5) is 0 Å². The molecule has 5 heteroatoms. The van der Waals surface area contributed by atoms with Crippen molar-refractivity contribution in [3.8, 4) is 5.75 Å². The van der Waals surface area contributed by atoms with Gasteiger partial charge in [-0.05, 0) is 55.4 Å². The molecule has 1 amide bonds. The summed E-state index contributed by atoms with van der Waals surface area (Å²) in [5.41, 5.74) is 2.66. The quantitative estimate of drug-likeness (QED) is 0.610. The summed E-state index contributed by atoms with van der Waals surface area (Å²) >= 11 is 0. The van der Waals surface area contributed by atoms with Gasteiger partial charge < -0.3 is 14.5 Å². The lowest BCUT2D eigenvalue weighted by Crippen LogP contribution is -2.30. The van der Waals surface area contributed by atoms with E-state index in [0.29, 0.717) is 29.2 Å². The van der Waals surface area contributed by atoms with E-state index in [1.165, 1.54) is 0 Å². The number of carbonyl (C=O) groups excluding carboxylic acids is 1. The minimum absolute atomic E-state index is 0.0422. The molecule has 1 fully saturated rings. The first-order valence-electron chi connectivity index (χ1n) is 10.0.